The molecule has 1 aliphatic heterocycles. The number of hydrogen-bond donors (Lipinski definition) is 1. The highest BCUT2D eigenvalue weighted by atomic mass is 16.5. The van der Waals surface area contributed by atoms with E-state index in [4.69, 9.17) is 4.74 Å². The molecule has 0 spiro atoms. The molecule has 5 heteroatoms. The van der Waals surface area contributed by atoms with Gasteiger partial charge in [-0.15, -0.1) is 0 Å². The van der Waals surface area contributed by atoms with Crippen molar-refractivity contribution >= 4 is 23.2 Å². The summed E-state index contributed by atoms with van der Waals surface area (Å²) >= 11 is 0. The van der Waals surface area contributed by atoms with E-state index in [1.54, 1.807) is 7.11 Å². The van der Waals surface area contributed by atoms with Gasteiger partial charge in [0.2, 0.25) is 11.8 Å². The Morgan fingerprint density at radius 3 is 2.62 bits per heavy atom. The van der Waals surface area contributed by atoms with Gasteiger partial charge in [-0.25, -0.2) is 0 Å². The van der Waals surface area contributed by atoms with Gasteiger partial charge < -0.3 is 15.0 Å². The highest BCUT2D eigenvalue weighted by molar-refractivity contribution is 5.97. The molecule has 1 saturated heterocycles. The topological polar surface area (TPSA) is 58.6 Å². The van der Waals surface area contributed by atoms with Crippen LogP contribution in [-0.4, -0.2) is 25.5 Å². The number of ether oxygens (including phenoxy) is 1. The SMILES string of the molecule is COc1ccc(CC(=O)Nc2ccc(C)c(N3CCCCC3=O)c2)cc1. The molecule has 2 amide bonds. The first-order valence-electron chi connectivity index (χ1n) is 8.90. The maximum absolute atomic E-state index is 12.4. The van der Waals surface area contributed by atoms with Crippen LogP contribution in [0.5, 0.6) is 5.75 Å². The van der Waals surface area contributed by atoms with E-state index < -0.39 is 0 Å². The van der Waals surface area contributed by atoms with E-state index in [1.165, 1.54) is 0 Å². The minimum atomic E-state index is -0.0880. The van der Waals surface area contributed by atoms with Crippen LogP contribution in [-0.2, 0) is 16.0 Å². The van der Waals surface area contributed by atoms with Gasteiger partial charge in [0.15, 0.2) is 0 Å². The Bertz CT molecular complexity index is 799. The fourth-order valence-electron chi connectivity index (χ4n) is 3.17. The summed E-state index contributed by atoms with van der Waals surface area (Å²) in [6, 6.07) is 13.2. The second-order valence-electron chi connectivity index (χ2n) is 6.58. The second kappa shape index (κ2) is 8.04. The fourth-order valence-corrected chi connectivity index (χ4v) is 3.17. The number of rotatable bonds is 5. The molecule has 0 aromatic heterocycles. The lowest BCUT2D eigenvalue weighted by Gasteiger charge is -2.28. The summed E-state index contributed by atoms with van der Waals surface area (Å²) in [4.78, 5) is 26.4. The van der Waals surface area contributed by atoms with Gasteiger partial charge >= 0.3 is 0 Å². The molecule has 1 heterocycles. The summed E-state index contributed by atoms with van der Waals surface area (Å²) in [5.41, 5.74) is 3.55. The van der Waals surface area contributed by atoms with Crippen molar-refractivity contribution < 1.29 is 14.3 Å². The van der Waals surface area contributed by atoms with E-state index in [9.17, 15) is 9.59 Å². The van der Waals surface area contributed by atoms with Gasteiger partial charge in [0.25, 0.3) is 0 Å². The van der Waals surface area contributed by atoms with Crippen LogP contribution in [0.25, 0.3) is 0 Å². The molecule has 2 aromatic rings. The van der Waals surface area contributed by atoms with E-state index >= 15 is 0 Å². The number of methoxy groups -OCH3 is 1. The van der Waals surface area contributed by atoms with Crippen LogP contribution in [0.15, 0.2) is 42.5 Å². The quantitative estimate of drug-likeness (QED) is 0.892. The first-order chi connectivity index (χ1) is 12.6. The normalized spacial score (nSPS) is 14.2. The monoisotopic (exact) mass is 352 g/mol. The number of piperidine rings is 1. The zero-order chi connectivity index (χ0) is 18.5. The van der Waals surface area contributed by atoms with Crippen LogP contribution >= 0.6 is 0 Å². The zero-order valence-corrected chi connectivity index (χ0v) is 15.2. The number of anilines is 2. The van der Waals surface area contributed by atoms with E-state index in [0.717, 1.165) is 42.0 Å². The minimum absolute atomic E-state index is 0.0880. The zero-order valence-electron chi connectivity index (χ0n) is 15.2. The Morgan fingerprint density at radius 2 is 1.92 bits per heavy atom. The molecule has 2 aromatic carbocycles. The number of hydrogen-bond acceptors (Lipinski definition) is 3. The molecule has 0 unspecified atom stereocenters. The molecule has 1 aliphatic rings. The molecular formula is C21H24N2O3. The Hall–Kier alpha value is -2.82. The lowest BCUT2D eigenvalue weighted by Crippen LogP contribution is -2.35. The minimum Gasteiger partial charge on any atom is -0.497 e. The summed E-state index contributed by atoms with van der Waals surface area (Å²) in [6.07, 6.45) is 2.84. The number of aryl methyl sites for hydroxylation is 1. The van der Waals surface area contributed by atoms with Crippen molar-refractivity contribution in [1.82, 2.24) is 0 Å². The Morgan fingerprint density at radius 1 is 1.15 bits per heavy atom. The predicted octanol–water partition coefficient (Wildman–Crippen LogP) is 3.70. The Balaban J connectivity index is 1.69. The summed E-state index contributed by atoms with van der Waals surface area (Å²) in [6.45, 7) is 2.73. The van der Waals surface area contributed by atoms with Crippen molar-refractivity contribution in [3.8, 4) is 5.75 Å². The van der Waals surface area contributed by atoms with Crippen LogP contribution in [0.2, 0.25) is 0 Å². The standard InChI is InChI=1S/C21H24N2O3/c1-15-6-9-17(14-19(15)23-12-4-3-5-21(23)25)22-20(24)13-16-7-10-18(26-2)11-8-16/h6-11,14H,3-5,12-13H2,1-2H3,(H,22,24). The maximum atomic E-state index is 12.4. The third-order valence-electron chi connectivity index (χ3n) is 4.63. The summed E-state index contributed by atoms with van der Waals surface area (Å²) < 4.78 is 5.13. The van der Waals surface area contributed by atoms with Crippen LogP contribution in [0.3, 0.4) is 0 Å². The van der Waals surface area contributed by atoms with E-state index in [-0.39, 0.29) is 18.2 Å². The predicted molar refractivity (Wildman–Crippen MR) is 103 cm³/mol. The number of nitrogens with one attached hydrogen (secondary N) is 1. The van der Waals surface area contributed by atoms with Gasteiger partial charge in [0.05, 0.1) is 13.5 Å². The number of carbonyl (C=O) groups is 2. The van der Waals surface area contributed by atoms with Gasteiger partial charge in [-0.05, 0) is 55.2 Å². The average molecular weight is 352 g/mol. The highest BCUT2D eigenvalue weighted by Gasteiger charge is 2.21. The van der Waals surface area contributed by atoms with Crippen LogP contribution < -0.4 is 15.0 Å². The molecule has 1 fully saturated rings. The van der Waals surface area contributed by atoms with Crippen molar-refractivity contribution in [3.05, 3.63) is 53.6 Å². The molecule has 0 saturated carbocycles. The van der Waals surface area contributed by atoms with Crippen LogP contribution in [0.1, 0.15) is 30.4 Å². The number of amides is 2. The summed E-state index contributed by atoms with van der Waals surface area (Å²) in [7, 11) is 1.61. The van der Waals surface area contributed by atoms with Crippen molar-refractivity contribution in [3.63, 3.8) is 0 Å². The van der Waals surface area contributed by atoms with E-state index in [2.05, 4.69) is 5.32 Å². The lowest BCUT2D eigenvalue weighted by molar-refractivity contribution is -0.119. The third kappa shape index (κ3) is 4.23. The van der Waals surface area contributed by atoms with Crippen molar-refractivity contribution in [2.75, 3.05) is 23.9 Å². The van der Waals surface area contributed by atoms with Crippen LogP contribution in [0, 0.1) is 6.92 Å². The molecule has 0 radical (unpaired) electrons. The van der Waals surface area contributed by atoms with Gasteiger partial charge in [0, 0.05) is 24.3 Å². The number of benzene rings is 2. The molecule has 3 rings (SSSR count). The van der Waals surface area contributed by atoms with Crippen molar-refractivity contribution in [1.29, 1.82) is 0 Å². The first-order valence-corrected chi connectivity index (χ1v) is 8.90. The first kappa shape index (κ1) is 18.0. The molecule has 0 aliphatic carbocycles. The second-order valence-corrected chi connectivity index (χ2v) is 6.58. The largest absolute Gasteiger partial charge is 0.497 e. The van der Waals surface area contributed by atoms with E-state index in [0.29, 0.717) is 12.1 Å². The molecule has 0 atom stereocenters. The average Bonchev–Trinajstić information content (AvgIpc) is 2.64. The highest BCUT2D eigenvalue weighted by Crippen LogP contribution is 2.27. The summed E-state index contributed by atoms with van der Waals surface area (Å²) in [5.74, 6) is 0.833. The molecule has 0 bridgehead atoms. The smallest absolute Gasteiger partial charge is 0.228 e. The number of carbonyl (C=O) groups excluding carboxylic acids is 2. The van der Waals surface area contributed by atoms with E-state index in [1.807, 2.05) is 54.3 Å². The Labute approximate surface area is 154 Å². The molecule has 26 heavy (non-hydrogen) atoms. The van der Waals surface area contributed by atoms with Crippen LogP contribution in [0.4, 0.5) is 11.4 Å². The third-order valence-corrected chi connectivity index (χ3v) is 4.63. The maximum Gasteiger partial charge on any atom is 0.228 e. The van der Waals surface area contributed by atoms with Gasteiger partial charge in [-0.1, -0.05) is 18.2 Å². The fraction of sp³-hybridized carbons (Fsp3) is 0.333. The van der Waals surface area contributed by atoms with Gasteiger partial charge in [0.1, 0.15) is 5.75 Å². The van der Waals surface area contributed by atoms with Crippen molar-refractivity contribution in [2.24, 2.45) is 0 Å². The molecule has 1 N–H and O–H groups in total. The summed E-state index contributed by atoms with van der Waals surface area (Å²) in [5, 5.41) is 2.93. The molecular weight excluding hydrogens is 328 g/mol. The molecule has 5 nitrogen and oxygen atoms in total. The lowest BCUT2D eigenvalue weighted by atomic mass is 10.1. The molecule has 136 valence electrons. The van der Waals surface area contributed by atoms with Gasteiger partial charge in [-0.3, -0.25) is 9.59 Å². The van der Waals surface area contributed by atoms with Crippen molar-refractivity contribution in [2.45, 2.75) is 32.6 Å². The Kier molecular flexibility index (Phi) is 5.56. The number of nitrogens with zero attached hydrogens (tertiary/aromatic N) is 1. The van der Waals surface area contributed by atoms with Gasteiger partial charge in [-0.2, -0.15) is 0 Å².